The Kier molecular flexibility index (Phi) is 4.64. The van der Waals surface area contributed by atoms with Crippen molar-refractivity contribution in [2.75, 3.05) is 25.1 Å². The molecule has 0 saturated heterocycles. The third-order valence-corrected chi connectivity index (χ3v) is 1.95. The van der Waals surface area contributed by atoms with Gasteiger partial charge in [0, 0.05) is 12.8 Å². The lowest BCUT2D eigenvalue weighted by molar-refractivity contribution is 0.597. The van der Waals surface area contributed by atoms with Crippen LogP contribution in [0.1, 0.15) is 6.42 Å². The average Bonchev–Trinajstić information content (AvgIpc) is 1.78. The lowest BCUT2D eigenvalue weighted by atomic mass is 10.5. The van der Waals surface area contributed by atoms with Crippen molar-refractivity contribution < 1.29 is 8.42 Å². The van der Waals surface area contributed by atoms with Gasteiger partial charge in [0.2, 0.25) is 0 Å². The summed E-state index contributed by atoms with van der Waals surface area (Å²) in [6.45, 7) is 4.93. The summed E-state index contributed by atoms with van der Waals surface area (Å²) >= 11 is 0. The quantitative estimate of drug-likeness (QED) is 0.575. The Balaban J connectivity index is 3.21. The highest BCUT2D eigenvalue weighted by molar-refractivity contribution is 7.90. The molecule has 3 nitrogen and oxygen atoms in total. The van der Waals surface area contributed by atoms with Crippen molar-refractivity contribution in [2.24, 2.45) is 0 Å². The van der Waals surface area contributed by atoms with Crippen LogP contribution in [0.25, 0.3) is 0 Å². The summed E-state index contributed by atoms with van der Waals surface area (Å²) in [5.41, 5.74) is 0. The Bertz CT molecular complexity index is 163. The zero-order valence-corrected chi connectivity index (χ0v) is 7.08. The number of hydrogen-bond acceptors (Lipinski definition) is 3. The van der Waals surface area contributed by atoms with E-state index in [2.05, 4.69) is 12.2 Å². The fraction of sp³-hybridized carbons (Fsp3) is 0.833. The van der Waals surface area contributed by atoms with Crippen LogP contribution in [0.15, 0.2) is 0 Å². The van der Waals surface area contributed by atoms with E-state index in [1.807, 2.05) is 0 Å². The Morgan fingerprint density at radius 1 is 1.40 bits per heavy atom. The Morgan fingerprint density at radius 3 is 2.40 bits per heavy atom. The third kappa shape index (κ3) is 7.91. The molecule has 0 spiro atoms. The third-order valence-electron chi connectivity index (χ3n) is 1.00. The van der Waals surface area contributed by atoms with Gasteiger partial charge in [-0.2, -0.15) is 0 Å². The Hall–Kier alpha value is -0.0900. The molecule has 0 aromatic heterocycles. The number of nitrogens with one attached hydrogen (secondary N) is 1. The van der Waals surface area contributed by atoms with Gasteiger partial charge in [0.1, 0.15) is 9.84 Å². The first-order chi connectivity index (χ1) is 4.56. The highest BCUT2D eigenvalue weighted by Gasteiger charge is 1.98. The van der Waals surface area contributed by atoms with E-state index in [4.69, 9.17) is 0 Å². The molecule has 1 radical (unpaired) electrons. The van der Waals surface area contributed by atoms with Crippen LogP contribution in [0, 0.1) is 6.92 Å². The molecule has 0 atom stereocenters. The highest BCUT2D eigenvalue weighted by Crippen LogP contribution is 1.79. The van der Waals surface area contributed by atoms with Gasteiger partial charge in [-0.3, -0.25) is 0 Å². The van der Waals surface area contributed by atoms with Crippen molar-refractivity contribution in [2.45, 2.75) is 6.42 Å². The molecule has 0 aliphatic heterocycles. The molecule has 0 heterocycles. The lowest BCUT2D eigenvalue weighted by Gasteiger charge is -1.99. The first-order valence-electron chi connectivity index (χ1n) is 3.24. The van der Waals surface area contributed by atoms with Gasteiger partial charge >= 0.3 is 0 Å². The zero-order valence-electron chi connectivity index (χ0n) is 6.26. The molecule has 0 saturated carbocycles. The second-order valence-electron chi connectivity index (χ2n) is 2.23. The molecule has 0 aliphatic carbocycles. The minimum Gasteiger partial charge on any atom is -0.316 e. The fourth-order valence-electron chi connectivity index (χ4n) is 0.508. The first kappa shape index (κ1) is 9.91. The minimum absolute atomic E-state index is 0.215. The molecule has 0 unspecified atom stereocenters. The van der Waals surface area contributed by atoms with Crippen molar-refractivity contribution in [3.05, 3.63) is 6.92 Å². The molecule has 0 bridgehead atoms. The van der Waals surface area contributed by atoms with Crippen LogP contribution >= 0.6 is 0 Å². The SMILES string of the molecule is [CH2]CCNCCS(C)(=O)=O. The van der Waals surface area contributed by atoms with Gasteiger partial charge in [0.15, 0.2) is 0 Å². The summed E-state index contributed by atoms with van der Waals surface area (Å²) in [6, 6.07) is 0. The predicted octanol–water partition coefficient (Wildman–Crippen LogP) is -0.155. The van der Waals surface area contributed by atoms with Crippen molar-refractivity contribution in [1.29, 1.82) is 0 Å². The van der Waals surface area contributed by atoms with Crippen LogP contribution in [0.5, 0.6) is 0 Å². The largest absolute Gasteiger partial charge is 0.316 e. The summed E-state index contributed by atoms with van der Waals surface area (Å²) in [5, 5.41) is 2.95. The molecule has 0 aromatic carbocycles. The minimum atomic E-state index is -2.79. The summed E-state index contributed by atoms with van der Waals surface area (Å²) in [6.07, 6.45) is 2.03. The van der Waals surface area contributed by atoms with Crippen molar-refractivity contribution >= 4 is 9.84 Å². The van der Waals surface area contributed by atoms with E-state index in [1.165, 1.54) is 6.26 Å². The maximum atomic E-state index is 10.5. The number of sulfone groups is 1. The van der Waals surface area contributed by atoms with Gasteiger partial charge in [0.05, 0.1) is 5.75 Å². The van der Waals surface area contributed by atoms with Gasteiger partial charge in [-0.05, 0) is 13.0 Å². The first-order valence-corrected chi connectivity index (χ1v) is 5.30. The summed E-state index contributed by atoms with van der Waals surface area (Å²) in [5.74, 6) is 0.215. The number of hydrogen-bond donors (Lipinski definition) is 1. The molecule has 0 rings (SSSR count). The standard InChI is InChI=1S/C6H14NO2S/c1-3-4-7-5-6-10(2,8)9/h7H,1,3-6H2,2H3. The zero-order chi connectivity index (χ0) is 8.04. The molecular weight excluding hydrogens is 150 g/mol. The molecule has 1 N–H and O–H groups in total. The van der Waals surface area contributed by atoms with Gasteiger partial charge in [-0.1, -0.05) is 6.92 Å². The Labute approximate surface area is 62.7 Å². The van der Waals surface area contributed by atoms with Crippen LogP contribution < -0.4 is 5.32 Å². The molecule has 10 heavy (non-hydrogen) atoms. The van der Waals surface area contributed by atoms with Crippen molar-refractivity contribution in [3.63, 3.8) is 0 Å². The maximum absolute atomic E-state index is 10.5. The summed E-state index contributed by atoms with van der Waals surface area (Å²) in [4.78, 5) is 0. The summed E-state index contributed by atoms with van der Waals surface area (Å²) < 4.78 is 21.1. The van der Waals surface area contributed by atoms with E-state index in [-0.39, 0.29) is 5.75 Å². The van der Waals surface area contributed by atoms with Crippen LogP contribution in [-0.4, -0.2) is 33.5 Å². The highest BCUT2D eigenvalue weighted by atomic mass is 32.2. The fourth-order valence-corrected chi connectivity index (χ4v) is 1.02. The molecular formula is C6H14NO2S. The maximum Gasteiger partial charge on any atom is 0.148 e. The van der Waals surface area contributed by atoms with E-state index in [9.17, 15) is 8.42 Å². The molecule has 61 valence electrons. The van der Waals surface area contributed by atoms with E-state index in [0.717, 1.165) is 13.0 Å². The second kappa shape index (κ2) is 4.68. The topological polar surface area (TPSA) is 46.2 Å². The lowest BCUT2D eigenvalue weighted by Crippen LogP contribution is -2.22. The van der Waals surface area contributed by atoms with E-state index >= 15 is 0 Å². The van der Waals surface area contributed by atoms with Crippen LogP contribution in [0.3, 0.4) is 0 Å². The van der Waals surface area contributed by atoms with Crippen molar-refractivity contribution in [3.8, 4) is 0 Å². The van der Waals surface area contributed by atoms with Gasteiger partial charge in [0.25, 0.3) is 0 Å². The molecule has 4 heteroatoms. The second-order valence-corrected chi connectivity index (χ2v) is 4.49. The van der Waals surface area contributed by atoms with Gasteiger partial charge in [-0.25, -0.2) is 8.42 Å². The molecule has 0 aliphatic rings. The van der Waals surface area contributed by atoms with E-state index < -0.39 is 9.84 Å². The predicted molar refractivity (Wildman–Crippen MR) is 42.6 cm³/mol. The van der Waals surface area contributed by atoms with Crippen molar-refractivity contribution in [1.82, 2.24) is 5.32 Å². The monoisotopic (exact) mass is 164 g/mol. The number of rotatable bonds is 5. The van der Waals surface area contributed by atoms with Gasteiger partial charge in [-0.15, -0.1) is 0 Å². The average molecular weight is 164 g/mol. The Morgan fingerprint density at radius 2 is 2.00 bits per heavy atom. The summed E-state index contributed by atoms with van der Waals surface area (Å²) in [7, 11) is -2.79. The van der Waals surface area contributed by atoms with Crippen LogP contribution in [-0.2, 0) is 9.84 Å². The van der Waals surface area contributed by atoms with E-state index in [0.29, 0.717) is 6.54 Å². The van der Waals surface area contributed by atoms with E-state index in [1.54, 1.807) is 0 Å². The molecule has 0 aromatic rings. The van der Waals surface area contributed by atoms with Gasteiger partial charge < -0.3 is 5.32 Å². The smallest absolute Gasteiger partial charge is 0.148 e. The van der Waals surface area contributed by atoms with Crippen LogP contribution in [0.4, 0.5) is 0 Å². The van der Waals surface area contributed by atoms with Crippen LogP contribution in [0.2, 0.25) is 0 Å². The molecule has 0 amide bonds. The normalized spacial score (nSPS) is 11.8. The molecule has 0 fully saturated rings.